The van der Waals surface area contributed by atoms with E-state index in [-0.39, 0.29) is 6.09 Å². The van der Waals surface area contributed by atoms with Crippen molar-refractivity contribution in [2.45, 2.75) is 64.6 Å². The molecule has 1 heterocycles. The van der Waals surface area contributed by atoms with Crippen LogP contribution in [0.15, 0.2) is 0 Å². The van der Waals surface area contributed by atoms with Crippen LogP contribution >= 0.6 is 0 Å². The van der Waals surface area contributed by atoms with E-state index < -0.39 is 5.60 Å². The predicted molar refractivity (Wildman–Crippen MR) is 71.5 cm³/mol. The fourth-order valence-electron chi connectivity index (χ4n) is 2.49. The highest BCUT2D eigenvalue weighted by atomic mass is 16.6. The zero-order chi connectivity index (χ0) is 13.3. The Morgan fingerprint density at radius 3 is 2.56 bits per heavy atom. The quantitative estimate of drug-likeness (QED) is 0.840. The Labute approximate surface area is 110 Å². The molecule has 4 nitrogen and oxygen atoms in total. The minimum Gasteiger partial charge on any atom is -0.444 e. The summed E-state index contributed by atoms with van der Waals surface area (Å²) in [5.74, 6) is 0.862. The molecule has 2 atom stereocenters. The van der Waals surface area contributed by atoms with Gasteiger partial charge in [-0.3, -0.25) is 0 Å². The maximum absolute atomic E-state index is 11.9. The Balaban J connectivity index is 1.75. The number of hydrogen-bond donors (Lipinski definition) is 1. The predicted octanol–water partition coefficient (Wildman–Crippen LogP) is 2.38. The molecule has 1 saturated carbocycles. The number of ether oxygens (including phenoxy) is 1. The highest BCUT2D eigenvalue weighted by molar-refractivity contribution is 5.68. The molecule has 4 heteroatoms. The van der Waals surface area contributed by atoms with E-state index in [1.807, 2.05) is 25.7 Å². The summed E-state index contributed by atoms with van der Waals surface area (Å²) in [5.41, 5.74) is -0.399. The summed E-state index contributed by atoms with van der Waals surface area (Å²) >= 11 is 0. The maximum atomic E-state index is 11.9. The number of nitrogens with one attached hydrogen (secondary N) is 1. The first-order chi connectivity index (χ1) is 8.35. The SMILES string of the molecule is CC(NC1CCN(C(=O)OC(C)(C)C)C1)C1CC1. The highest BCUT2D eigenvalue weighted by Crippen LogP contribution is 2.32. The third-order valence-corrected chi connectivity index (χ3v) is 3.67. The van der Waals surface area contributed by atoms with Crippen molar-refractivity contribution >= 4 is 6.09 Å². The molecule has 0 radical (unpaired) electrons. The fraction of sp³-hybridized carbons (Fsp3) is 0.929. The second-order valence-corrected chi connectivity index (χ2v) is 6.70. The van der Waals surface area contributed by atoms with Crippen LogP contribution in [-0.4, -0.2) is 41.8 Å². The van der Waals surface area contributed by atoms with Gasteiger partial charge in [0.05, 0.1) is 0 Å². The highest BCUT2D eigenvalue weighted by Gasteiger charge is 2.33. The van der Waals surface area contributed by atoms with Crippen molar-refractivity contribution in [2.75, 3.05) is 13.1 Å². The first-order valence-corrected chi connectivity index (χ1v) is 7.09. The average molecular weight is 254 g/mol. The number of hydrogen-bond acceptors (Lipinski definition) is 3. The van der Waals surface area contributed by atoms with Crippen LogP contribution < -0.4 is 5.32 Å². The van der Waals surface area contributed by atoms with Crippen molar-refractivity contribution in [3.63, 3.8) is 0 Å². The Morgan fingerprint density at radius 2 is 2.00 bits per heavy atom. The largest absolute Gasteiger partial charge is 0.444 e. The van der Waals surface area contributed by atoms with Gasteiger partial charge in [-0.25, -0.2) is 4.79 Å². The van der Waals surface area contributed by atoms with E-state index in [1.54, 1.807) is 0 Å². The van der Waals surface area contributed by atoms with Gasteiger partial charge >= 0.3 is 6.09 Å². The van der Waals surface area contributed by atoms with Crippen molar-refractivity contribution in [3.8, 4) is 0 Å². The Morgan fingerprint density at radius 1 is 1.33 bits per heavy atom. The Kier molecular flexibility index (Phi) is 3.85. The summed E-state index contributed by atoms with van der Waals surface area (Å²) in [7, 11) is 0. The van der Waals surface area contributed by atoms with Crippen LogP contribution in [0.5, 0.6) is 0 Å². The van der Waals surface area contributed by atoms with Gasteiger partial charge in [0.2, 0.25) is 0 Å². The van der Waals surface area contributed by atoms with Gasteiger partial charge in [-0.15, -0.1) is 0 Å². The van der Waals surface area contributed by atoms with E-state index >= 15 is 0 Å². The lowest BCUT2D eigenvalue weighted by atomic mass is 10.1. The Hall–Kier alpha value is -0.770. The number of rotatable bonds is 3. The Bertz CT molecular complexity index is 307. The third-order valence-electron chi connectivity index (χ3n) is 3.67. The topological polar surface area (TPSA) is 41.6 Å². The molecule has 0 spiro atoms. The molecule has 2 unspecified atom stereocenters. The van der Waals surface area contributed by atoms with E-state index in [4.69, 9.17) is 4.74 Å². The van der Waals surface area contributed by atoms with Gasteiger partial charge in [0.25, 0.3) is 0 Å². The summed E-state index contributed by atoms with van der Waals surface area (Å²) in [6.07, 6.45) is 3.58. The normalized spacial score (nSPS) is 26.2. The van der Waals surface area contributed by atoms with Crippen LogP contribution in [0.25, 0.3) is 0 Å². The van der Waals surface area contributed by atoms with Crippen LogP contribution in [0.3, 0.4) is 0 Å². The van der Waals surface area contributed by atoms with E-state index in [9.17, 15) is 4.79 Å². The van der Waals surface area contributed by atoms with Crippen LogP contribution in [0.4, 0.5) is 4.79 Å². The van der Waals surface area contributed by atoms with Gasteiger partial charge < -0.3 is 15.0 Å². The lowest BCUT2D eigenvalue weighted by molar-refractivity contribution is 0.0290. The molecule has 1 aliphatic carbocycles. The number of likely N-dealkylation sites (tertiary alicyclic amines) is 1. The van der Waals surface area contributed by atoms with Crippen LogP contribution in [0.2, 0.25) is 0 Å². The second-order valence-electron chi connectivity index (χ2n) is 6.70. The van der Waals surface area contributed by atoms with Gasteiger partial charge in [0, 0.05) is 25.2 Å². The molecule has 1 N–H and O–H groups in total. The molecule has 104 valence electrons. The number of amides is 1. The summed E-state index contributed by atoms with van der Waals surface area (Å²) in [6, 6.07) is 1.03. The smallest absolute Gasteiger partial charge is 0.410 e. The van der Waals surface area contributed by atoms with E-state index in [0.29, 0.717) is 12.1 Å². The molecule has 1 saturated heterocycles. The second kappa shape index (κ2) is 5.08. The van der Waals surface area contributed by atoms with Crippen LogP contribution in [0, 0.1) is 5.92 Å². The zero-order valence-electron chi connectivity index (χ0n) is 12.0. The van der Waals surface area contributed by atoms with Crippen molar-refractivity contribution in [1.82, 2.24) is 10.2 Å². The molecule has 2 aliphatic rings. The summed E-state index contributed by atoms with van der Waals surface area (Å²) in [5, 5.41) is 3.64. The maximum Gasteiger partial charge on any atom is 0.410 e. The molecule has 1 amide bonds. The van der Waals surface area contributed by atoms with Gasteiger partial charge in [-0.05, 0) is 52.9 Å². The van der Waals surface area contributed by atoms with Crippen molar-refractivity contribution in [3.05, 3.63) is 0 Å². The van der Waals surface area contributed by atoms with E-state index in [1.165, 1.54) is 12.8 Å². The lowest BCUT2D eigenvalue weighted by Gasteiger charge is -2.25. The molecule has 0 aromatic carbocycles. The third kappa shape index (κ3) is 3.87. The molecule has 18 heavy (non-hydrogen) atoms. The van der Waals surface area contributed by atoms with E-state index in [0.717, 1.165) is 25.4 Å². The standard InChI is InChI=1S/C14H26N2O2/c1-10(11-5-6-11)15-12-7-8-16(9-12)13(17)18-14(2,3)4/h10-12,15H,5-9H2,1-4H3. The van der Waals surface area contributed by atoms with Gasteiger partial charge in [0.15, 0.2) is 0 Å². The summed E-state index contributed by atoms with van der Waals surface area (Å²) in [6.45, 7) is 9.58. The molecule has 0 aromatic rings. The molecule has 0 bridgehead atoms. The van der Waals surface area contributed by atoms with Crippen molar-refractivity contribution < 1.29 is 9.53 Å². The number of nitrogens with zero attached hydrogens (tertiary/aromatic N) is 1. The summed E-state index contributed by atoms with van der Waals surface area (Å²) < 4.78 is 5.39. The first-order valence-electron chi connectivity index (χ1n) is 7.09. The lowest BCUT2D eigenvalue weighted by Crippen LogP contribution is -2.41. The number of carbonyl (C=O) groups is 1. The van der Waals surface area contributed by atoms with Gasteiger partial charge in [-0.2, -0.15) is 0 Å². The van der Waals surface area contributed by atoms with Gasteiger partial charge in [0.1, 0.15) is 5.60 Å². The monoisotopic (exact) mass is 254 g/mol. The summed E-state index contributed by atoms with van der Waals surface area (Å²) in [4.78, 5) is 13.7. The molecular formula is C14H26N2O2. The molecule has 2 rings (SSSR count). The van der Waals surface area contributed by atoms with Crippen LogP contribution in [0.1, 0.15) is 47.0 Å². The molecular weight excluding hydrogens is 228 g/mol. The molecule has 1 aliphatic heterocycles. The first kappa shape index (κ1) is 13.7. The molecule has 0 aromatic heterocycles. The zero-order valence-corrected chi connectivity index (χ0v) is 12.0. The van der Waals surface area contributed by atoms with Gasteiger partial charge in [-0.1, -0.05) is 0 Å². The van der Waals surface area contributed by atoms with Crippen molar-refractivity contribution in [2.24, 2.45) is 5.92 Å². The van der Waals surface area contributed by atoms with E-state index in [2.05, 4.69) is 12.2 Å². The minimum atomic E-state index is -0.399. The fourth-order valence-corrected chi connectivity index (χ4v) is 2.49. The molecule has 2 fully saturated rings. The van der Waals surface area contributed by atoms with Crippen molar-refractivity contribution in [1.29, 1.82) is 0 Å². The van der Waals surface area contributed by atoms with Crippen LogP contribution in [-0.2, 0) is 4.74 Å². The number of carbonyl (C=O) groups excluding carboxylic acids is 1. The minimum absolute atomic E-state index is 0.175. The average Bonchev–Trinajstić information content (AvgIpc) is 2.97.